The third-order valence-electron chi connectivity index (χ3n) is 6.17. The second kappa shape index (κ2) is 8.53. The molecule has 0 spiro atoms. The number of benzene rings is 1. The lowest BCUT2D eigenvalue weighted by molar-refractivity contribution is -0.123. The molecule has 8 heteroatoms. The number of carbonyl (C=O) groups excluding carboxylic acids is 2. The molecule has 0 unspecified atom stereocenters. The smallest absolute Gasteiger partial charge is 0.258 e. The summed E-state index contributed by atoms with van der Waals surface area (Å²) in [5.41, 5.74) is 1.63. The van der Waals surface area contributed by atoms with Gasteiger partial charge in [-0.1, -0.05) is 26.0 Å². The largest absolute Gasteiger partial charge is 0.340 e. The molecule has 4 rings (SSSR count). The zero-order chi connectivity index (χ0) is 22.1. The van der Waals surface area contributed by atoms with Gasteiger partial charge in [0.05, 0.1) is 11.5 Å². The molecule has 2 aliphatic rings. The van der Waals surface area contributed by atoms with Crippen LogP contribution in [0.25, 0.3) is 0 Å². The number of hydrogen-bond donors (Lipinski definition) is 3. The fourth-order valence-corrected chi connectivity index (χ4v) is 4.31. The van der Waals surface area contributed by atoms with Crippen molar-refractivity contribution in [2.24, 2.45) is 0 Å². The minimum Gasteiger partial charge on any atom is -0.340 e. The van der Waals surface area contributed by atoms with Crippen molar-refractivity contribution in [3.8, 4) is 0 Å². The normalized spacial score (nSPS) is 20.9. The molecule has 2 amide bonds. The maximum atomic E-state index is 13.0. The molecule has 3 heterocycles. The Morgan fingerprint density at radius 1 is 1.19 bits per heavy atom. The number of fused-ring (bicyclic) bond motifs is 1. The number of nitrogens with zero attached hydrogens (tertiary/aromatic N) is 2. The minimum atomic E-state index is -0.891. The second-order valence-electron chi connectivity index (χ2n) is 8.76. The maximum absolute atomic E-state index is 13.0. The molecule has 8 nitrogen and oxygen atoms in total. The van der Waals surface area contributed by atoms with Gasteiger partial charge in [-0.25, -0.2) is 0 Å². The molecule has 0 radical (unpaired) electrons. The van der Waals surface area contributed by atoms with Crippen molar-refractivity contribution < 1.29 is 9.59 Å². The number of anilines is 3. The van der Waals surface area contributed by atoms with Gasteiger partial charge in [-0.15, -0.1) is 0 Å². The minimum absolute atomic E-state index is 0.0901. The highest BCUT2D eigenvalue weighted by atomic mass is 16.2. The molecule has 3 N–H and O–H groups in total. The van der Waals surface area contributed by atoms with E-state index in [0.29, 0.717) is 17.6 Å². The van der Waals surface area contributed by atoms with E-state index < -0.39 is 5.92 Å². The Morgan fingerprint density at radius 3 is 2.61 bits per heavy atom. The van der Waals surface area contributed by atoms with Gasteiger partial charge in [0.2, 0.25) is 17.8 Å². The Morgan fingerprint density at radius 2 is 1.94 bits per heavy atom. The van der Waals surface area contributed by atoms with Crippen LogP contribution in [0.5, 0.6) is 0 Å². The van der Waals surface area contributed by atoms with Crippen molar-refractivity contribution in [2.75, 3.05) is 22.1 Å². The van der Waals surface area contributed by atoms with E-state index in [2.05, 4.69) is 46.3 Å². The molecule has 1 aromatic carbocycles. The highest BCUT2D eigenvalue weighted by Gasteiger charge is 2.35. The van der Waals surface area contributed by atoms with E-state index in [9.17, 15) is 14.4 Å². The number of H-pyrrole nitrogens is 1. The summed E-state index contributed by atoms with van der Waals surface area (Å²) in [4.78, 5) is 47.7. The van der Waals surface area contributed by atoms with E-state index in [0.717, 1.165) is 25.8 Å². The van der Waals surface area contributed by atoms with Crippen molar-refractivity contribution in [1.29, 1.82) is 0 Å². The highest BCUT2D eigenvalue weighted by molar-refractivity contribution is 6.04. The summed E-state index contributed by atoms with van der Waals surface area (Å²) in [6.45, 7) is 7.10. The highest BCUT2D eigenvalue weighted by Crippen LogP contribution is 2.31. The molecule has 0 aliphatic carbocycles. The number of amides is 2. The van der Waals surface area contributed by atoms with Crippen molar-refractivity contribution in [2.45, 2.75) is 64.3 Å². The number of aromatic amines is 1. The van der Waals surface area contributed by atoms with Crippen LogP contribution >= 0.6 is 0 Å². The lowest BCUT2D eigenvalue weighted by Gasteiger charge is -2.34. The molecule has 164 valence electrons. The van der Waals surface area contributed by atoms with Gasteiger partial charge in [-0.05, 0) is 49.8 Å². The second-order valence-corrected chi connectivity index (χ2v) is 8.76. The Labute approximate surface area is 181 Å². The van der Waals surface area contributed by atoms with E-state index in [4.69, 9.17) is 0 Å². The van der Waals surface area contributed by atoms with Crippen molar-refractivity contribution in [3.05, 3.63) is 45.7 Å². The first-order chi connectivity index (χ1) is 14.8. The monoisotopic (exact) mass is 423 g/mol. The molecule has 1 saturated heterocycles. The number of hydrogen-bond acceptors (Lipinski definition) is 5. The summed E-state index contributed by atoms with van der Waals surface area (Å²) >= 11 is 0. The molecule has 2 atom stereocenters. The summed E-state index contributed by atoms with van der Waals surface area (Å²) in [7, 11) is 0. The number of aromatic nitrogens is 2. The van der Waals surface area contributed by atoms with E-state index in [1.54, 1.807) is 0 Å². The first-order valence-electron chi connectivity index (χ1n) is 10.9. The SMILES string of the molecule is CC(C)c1ccc(NC(=O)[C@@H]2CC(=O)Nc3nc(N4CCCC[C@H]4C)[nH]c(=O)c32)cc1. The Hall–Kier alpha value is -3.16. The first kappa shape index (κ1) is 21.1. The van der Waals surface area contributed by atoms with Gasteiger partial charge in [0.1, 0.15) is 5.82 Å². The number of piperidine rings is 1. The number of nitrogens with one attached hydrogen (secondary N) is 3. The van der Waals surface area contributed by atoms with Gasteiger partial charge >= 0.3 is 0 Å². The quantitative estimate of drug-likeness (QED) is 0.699. The van der Waals surface area contributed by atoms with E-state index >= 15 is 0 Å². The molecule has 0 bridgehead atoms. The van der Waals surface area contributed by atoms with Crippen LogP contribution in [-0.2, 0) is 9.59 Å². The Bertz CT molecular complexity index is 1040. The summed E-state index contributed by atoms with van der Waals surface area (Å²) in [5.74, 6) is -0.583. The Balaban J connectivity index is 1.61. The molecule has 2 aliphatic heterocycles. The third-order valence-corrected chi connectivity index (χ3v) is 6.17. The van der Waals surface area contributed by atoms with Crippen molar-refractivity contribution in [3.63, 3.8) is 0 Å². The average Bonchev–Trinajstić information content (AvgIpc) is 2.73. The predicted octanol–water partition coefficient (Wildman–Crippen LogP) is 3.34. The van der Waals surface area contributed by atoms with Crippen LogP contribution in [0.3, 0.4) is 0 Å². The summed E-state index contributed by atoms with van der Waals surface area (Å²) in [6.07, 6.45) is 3.10. The van der Waals surface area contributed by atoms with Crippen molar-refractivity contribution in [1.82, 2.24) is 9.97 Å². The van der Waals surface area contributed by atoms with Gasteiger partial charge in [0.25, 0.3) is 5.56 Å². The van der Waals surface area contributed by atoms with Crippen LogP contribution in [0.4, 0.5) is 17.5 Å². The number of carbonyl (C=O) groups is 2. The van der Waals surface area contributed by atoms with Crippen LogP contribution in [0.1, 0.15) is 69.4 Å². The van der Waals surface area contributed by atoms with E-state index in [1.807, 2.05) is 24.3 Å². The molecule has 2 aromatic rings. The lowest BCUT2D eigenvalue weighted by Crippen LogP contribution is -2.41. The zero-order valence-corrected chi connectivity index (χ0v) is 18.2. The lowest BCUT2D eigenvalue weighted by atomic mass is 9.92. The van der Waals surface area contributed by atoms with Crippen LogP contribution in [0.15, 0.2) is 29.1 Å². The van der Waals surface area contributed by atoms with Gasteiger partial charge < -0.3 is 15.5 Å². The van der Waals surface area contributed by atoms with Crippen LogP contribution in [-0.4, -0.2) is 34.4 Å². The van der Waals surface area contributed by atoms with Crippen LogP contribution < -0.4 is 21.1 Å². The zero-order valence-electron chi connectivity index (χ0n) is 18.2. The first-order valence-corrected chi connectivity index (χ1v) is 10.9. The molecule has 31 heavy (non-hydrogen) atoms. The summed E-state index contributed by atoms with van der Waals surface area (Å²) < 4.78 is 0. The topological polar surface area (TPSA) is 107 Å². The van der Waals surface area contributed by atoms with Gasteiger partial charge in [-0.3, -0.25) is 19.4 Å². The van der Waals surface area contributed by atoms with Crippen molar-refractivity contribution >= 4 is 29.3 Å². The fraction of sp³-hybridized carbons (Fsp3) is 0.478. The summed E-state index contributed by atoms with van der Waals surface area (Å²) in [5, 5.41) is 5.53. The fourth-order valence-electron chi connectivity index (χ4n) is 4.31. The molecule has 0 saturated carbocycles. The van der Waals surface area contributed by atoms with Gasteiger partial charge in [0, 0.05) is 24.7 Å². The van der Waals surface area contributed by atoms with Crippen LogP contribution in [0.2, 0.25) is 0 Å². The standard InChI is InChI=1S/C23H29N5O3/c1-13(2)15-7-9-16(10-8-15)24-21(30)17-12-18(29)25-20-19(17)22(31)27-23(26-20)28-11-5-4-6-14(28)3/h7-10,13-14,17H,4-6,11-12H2,1-3H3,(H,24,30)(H2,25,26,27,29,31)/t14-,17-/m1/s1. The van der Waals surface area contributed by atoms with Crippen LogP contribution in [0, 0.1) is 0 Å². The molecule has 1 aromatic heterocycles. The molecule has 1 fully saturated rings. The number of rotatable bonds is 4. The summed E-state index contributed by atoms with van der Waals surface area (Å²) in [6, 6.07) is 7.84. The predicted molar refractivity (Wildman–Crippen MR) is 121 cm³/mol. The van der Waals surface area contributed by atoms with Gasteiger partial charge in [-0.2, -0.15) is 4.98 Å². The Kier molecular flexibility index (Phi) is 5.80. The maximum Gasteiger partial charge on any atom is 0.258 e. The van der Waals surface area contributed by atoms with Gasteiger partial charge in [0.15, 0.2) is 0 Å². The third kappa shape index (κ3) is 4.33. The average molecular weight is 424 g/mol. The van der Waals surface area contributed by atoms with E-state index in [-0.39, 0.29) is 41.2 Å². The molecular weight excluding hydrogens is 394 g/mol. The molecular formula is C23H29N5O3. The van der Waals surface area contributed by atoms with E-state index in [1.165, 1.54) is 5.56 Å².